The van der Waals surface area contributed by atoms with Gasteiger partial charge in [-0.2, -0.15) is 0 Å². The molecule has 0 radical (unpaired) electrons. The zero-order chi connectivity index (χ0) is 21.0. The Morgan fingerprint density at radius 2 is 1.87 bits per heavy atom. The number of nitrogens with zero attached hydrogens (tertiary/aromatic N) is 5. The number of methoxy groups -OCH3 is 1. The van der Waals surface area contributed by atoms with Gasteiger partial charge in [0, 0.05) is 68.6 Å². The summed E-state index contributed by atoms with van der Waals surface area (Å²) < 4.78 is 6.72. The third-order valence-corrected chi connectivity index (χ3v) is 6.74. The lowest BCUT2D eigenvalue weighted by molar-refractivity contribution is 0.0778. The van der Waals surface area contributed by atoms with Gasteiger partial charge in [-0.1, -0.05) is 0 Å². The first-order valence-corrected chi connectivity index (χ1v) is 10.6. The van der Waals surface area contributed by atoms with Gasteiger partial charge in [-0.25, -0.2) is 9.97 Å². The zero-order valence-electron chi connectivity index (χ0n) is 17.7. The third-order valence-electron chi connectivity index (χ3n) is 6.74. The van der Waals surface area contributed by atoms with Gasteiger partial charge in [0.05, 0.1) is 12.7 Å². The number of ether oxygens (including phenoxy) is 1. The molecule has 0 spiro atoms. The van der Waals surface area contributed by atoms with Crippen molar-refractivity contribution in [3.05, 3.63) is 45.3 Å². The number of aryl methyl sites for hydroxylation is 3. The zero-order valence-corrected chi connectivity index (χ0v) is 17.7. The Labute approximate surface area is 175 Å². The average molecular weight is 409 g/mol. The molecule has 1 amide bonds. The fourth-order valence-electron chi connectivity index (χ4n) is 5.24. The van der Waals surface area contributed by atoms with Crippen molar-refractivity contribution in [3.63, 3.8) is 0 Å². The molecule has 1 aliphatic carbocycles. The Morgan fingerprint density at radius 3 is 2.57 bits per heavy atom. The number of carbonyl (C=O) groups excluding carboxylic acids is 1. The molecule has 2 unspecified atom stereocenters. The maximum Gasteiger partial charge on any atom is 0.259 e. The first-order chi connectivity index (χ1) is 14.4. The van der Waals surface area contributed by atoms with Gasteiger partial charge in [0.1, 0.15) is 17.4 Å². The van der Waals surface area contributed by atoms with Gasteiger partial charge in [0.15, 0.2) is 0 Å². The Morgan fingerprint density at radius 1 is 1.13 bits per heavy atom. The van der Waals surface area contributed by atoms with E-state index in [1.165, 1.54) is 29.0 Å². The van der Waals surface area contributed by atoms with E-state index in [0.29, 0.717) is 23.1 Å². The molecule has 2 aliphatic heterocycles. The van der Waals surface area contributed by atoms with Gasteiger partial charge >= 0.3 is 0 Å². The highest BCUT2D eigenvalue weighted by molar-refractivity contribution is 5.96. The number of hydrogen-bond donors (Lipinski definition) is 0. The van der Waals surface area contributed by atoms with Crippen LogP contribution in [0.1, 0.15) is 33.9 Å². The minimum absolute atomic E-state index is 0.0674. The average Bonchev–Trinajstić information content (AvgIpc) is 3.42. The van der Waals surface area contributed by atoms with Crippen molar-refractivity contribution in [1.82, 2.24) is 19.4 Å². The number of pyridine rings is 1. The first-order valence-electron chi connectivity index (χ1n) is 10.6. The molecule has 2 saturated heterocycles. The fourth-order valence-corrected chi connectivity index (χ4v) is 5.24. The van der Waals surface area contributed by atoms with Crippen LogP contribution in [0.4, 0.5) is 5.82 Å². The van der Waals surface area contributed by atoms with Gasteiger partial charge in [0.2, 0.25) is 0 Å². The van der Waals surface area contributed by atoms with Gasteiger partial charge < -0.3 is 19.1 Å². The molecular formula is C22H27N5O3. The summed E-state index contributed by atoms with van der Waals surface area (Å²) in [7, 11) is 3.14. The summed E-state index contributed by atoms with van der Waals surface area (Å²) in [6, 6.07) is 1.38. The fraction of sp³-hybridized carbons (Fsp3) is 0.545. The predicted molar refractivity (Wildman–Crippen MR) is 112 cm³/mol. The molecule has 3 aliphatic rings. The number of likely N-dealkylation sites (tertiary alicyclic amines) is 1. The van der Waals surface area contributed by atoms with E-state index in [1.807, 2.05) is 11.8 Å². The van der Waals surface area contributed by atoms with E-state index in [0.717, 1.165) is 57.1 Å². The second-order valence-electron chi connectivity index (χ2n) is 8.71. The minimum atomic E-state index is -0.190. The van der Waals surface area contributed by atoms with E-state index in [1.54, 1.807) is 13.2 Å². The molecule has 2 atom stereocenters. The molecule has 5 rings (SSSR count). The van der Waals surface area contributed by atoms with Crippen LogP contribution < -0.4 is 15.2 Å². The van der Waals surface area contributed by atoms with Crippen LogP contribution in [-0.4, -0.2) is 58.6 Å². The van der Waals surface area contributed by atoms with Crippen molar-refractivity contribution < 1.29 is 9.53 Å². The van der Waals surface area contributed by atoms with E-state index in [4.69, 9.17) is 9.72 Å². The van der Waals surface area contributed by atoms with Crippen molar-refractivity contribution in [1.29, 1.82) is 0 Å². The summed E-state index contributed by atoms with van der Waals surface area (Å²) in [6.45, 7) is 5.25. The summed E-state index contributed by atoms with van der Waals surface area (Å²) in [6.07, 6.45) is 4.85. The van der Waals surface area contributed by atoms with Crippen LogP contribution in [0, 0.1) is 18.8 Å². The molecule has 0 saturated carbocycles. The lowest BCUT2D eigenvalue weighted by Crippen LogP contribution is -2.34. The van der Waals surface area contributed by atoms with Crippen molar-refractivity contribution in [2.45, 2.75) is 26.2 Å². The van der Waals surface area contributed by atoms with Gasteiger partial charge in [-0.3, -0.25) is 9.59 Å². The summed E-state index contributed by atoms with van der Waals surface area (Å²) in [5.41, 5.74) is 2.79. The number of carbonyl (C=O) groups is 1. The highest BCUT2D eigenvalue weighted by atomic mass is 16.5. The normalized spacial score (nSPS) is 22.4. The molecule has 0 bridgehead atoms. The smallest absolute Gasteiger partial charge is 0.259 e. The van der Waals surface area contributed by atoms with Gasteiger partial charge in [-0.05, 0) is 26.2 Å². The van der Waals surface area contributed by atoms with Crippen LogP contribution >= 0.6 is 0 Å². The van der Waals surface area contributed by atoms with E-state index < -0.39 is 0 Å². The Hall–Kier alpha value is -2.90. The van der Waals surface area contributed by atoms with Gasteiger partial charge in [-0.15, -0.1) is 0 Å². The Kier molecular flexibility index (Phi) is 4.52. The summed E-state index contributed by atoms with van der Waals surface area (Å²) >= 11 is 0. The SMILES string of the molecule is COc1cc(=O)n(C)cc1C(=O)N1CC2CN(c3nc(C)nc4c3CCC4)CC2C1. The number of rotatable bonds is 3. The lowest BCUT2D eigenvalue weighted by atomic mass is 10.0. The second-order valence-corrected chi connectivity index (χ2v) is 8.71. The summed E-state index contributed by atoms with van der Waals surface area (Å²) in [5, 5.41) is 0. The Bertz CT molecular complexity index is 1070. The molecule has 2 aromatic heterocycles. The van der Waals surface area contributed by atoms with Crippen LogP contribution in [0.3, 0.4) is 0 Å². The monoisotopic (exact) mass is 409 g/mol. The van der Waals surface area contributed by atoms with E-state index >= 15 is 0 Å². The number of amides is 1. The molecule has 0 aromatic carbocycles. The largest absolute Gasteiger partial charge is 0.496 e. The van der Waals surface area contributed by atoms with Crippen molar-refractivity contribution in [2.75, 3.05) is 38.2 Å². The van der Waals surface area contributed by atoms with Crippen molar-refractivity contribution >= 4 is 11.7 Å². The van der Waals surface area contributed by atoms with E-state index in [2.05, 4.69) is 9.88 Å². The molecular weight excluding hydrogens is 382 g/mol. The summed E-state index contributed by atoms with van der Waals surface area (Å²) in [5.74, 6) is 3.10. The predicted octanol–water partition coefficient (Wildman–Crippen LogP) is 1.19. The maximum atomic E-state index is 13.2. The quantitative estimate of drug-likeness (QED) is 0.758. The van der Waals surface area contributed by atoms with Crippen LogP contribution in [0.25, 0.3) is 0 Å². The molecule has 30 heavy (non-hydrogen) atoms. The highest BCUT2D eigenvalue weighted by Crippen LogP contribution is 2.37. The maximum absolute atomic E-state index is 13.2. The molecule has 2 fully saturated rings. The lowest BCUT2D eigenvalue weighted by Gasteiger charge is -2.24. The Balaban J connectivity index is 1.33. The molecule has 4 heterocycles. The molecule has 8 nitrogen and oxygen atoms in total. The van der Waals surface area contributed by atoms with Crippen LogP contribution in [0.2, 0.25) is 0 Å². The van der Waals surface area contributed by atoms with Crippen LogP contribution in [-0.2, 0) is 19.9 Å². The van der Waals surface area contributed by atoms with E-state index in [-0.39, 0.29) is 11.5 Å². The number of hydrogen-bond acceptors (Lipinski definition) is 6. The third kappa shape index (κ3) is 3.05. The second kappa shape index (κ2) is 7.11. The highest BCUT2D eigenvalue weighted by Gasteiger charge is 2.43. The molecule has 2 aromatic rings. The van der Waals surface area contributed by atoms with Crippen molar-refractivity contribution in [2.24, 2.45) is 18.9 Å². The van der Waals surface area contributed by atoms with Gasteiger partial charge in [0.25, 0.3) is 11.5 Å². The molecule has 8 heteroatoms. The molecule has 158 valence electrons. The number of fused-ring (bicyclic) bond motifs is 2. The van der Waals surface area contributed by atoms with Crippen LogP contribution in [0.5, 0.6) is 5.75 Å². The summed E-state index contributed by atoms with van der Waals surface area (Å²) in [4.78, 5) is 38.8. The molecule has 0 N–H and O–H groups in total. The number of anilines is 1. The number of aromatic nitrogens is 3. The van der Waals surface area contributed by atoms with Crippen molar-refractivity contribution in [3.8, 4) is 5.75 Å². The first kappa shape index (κ1) is 19.1. The minimum Gasteiger partial charge on any atom is -0.496 e. The van der Waals surface area contributed by atoms with E-state index in [9.17, 15) is 9.59 Å². The topological polar surface area (TPSA) is 80.6 Å². The van der Waals surface area contributed by atoms with Crippen LogP contribution in [0.15, 0.2) is 17.1 Å². The standard InChI is InChI=1S/C22H27N5O3/c1-13-23-18-6-4-5-16(18)21(24-13)26-8-14-10-27(11-15(14)9-26)22(29)17-12-25(2)20(28)7-19(17)30-3/h7,12,14-15H,4-6,8-11H2,1-3H3.